The molecule has 2 amide bonds. The van der Waals surface area contributed by atoms with Crippen molar-refractivity contribution in [2.45, 2.75) is 48.1 Å². The number of phenolic OH excluding ortho intramolecular Hbond substituents is 1. The lowest BCUT2D eigenvalue weighted by Crippen LogP contribution is -2.73. The zero-order valence-corrected chi connectivity index (χ0v) is 23.8. The Balaban J connectivity index is 1.33. The van der Waals surface area contributed by atoms with Crippen molar-refractivity contribution in [3.8, 4) is 5.75 Å². The lowest BCUT2D eigenvalue weighted by atomic mass is 9.76. The summed E-state index contributed by atoms with van der Waals surface area (Å²) in [7, 11) is 0. The molecule has 0 saturated carbocycles. The van der Waals surface area contributed by atoms with E-state index >= 15 is 0 Å². The number of amides is 2. The Labute approximate surface area is 244 Å². The molecule has 3 N–H and O–H groups in total. The first kappa shape index (κ1) is 27.1. The fraction of sp³-hybridized carbons (Fsp3) is 0.235. The van der Waals surface area contributed by atoms with E-state index in [9.17, 15) is 14.7 Å². The van der Waals surface area contributed by atoms with E-state index < -0.39 is 22.4 Å². The van der Waals surface area contributed by atoms with E-state index in [1.807, 2.05) is 74.5 Å². The molecule has 6 rings (SSSR count). The maximum Gasteiger partial charge on any atom is 0.244 e. The Morgan fingerprint density at radius 2 is 1.32 bits per heavy atom. The van der Waals surface area contributed by atoms with Gasteiger partial charge in [-0.15, -0.1) is 11.8 Å². The van der Waals surface area contributed by atoms with E-state index in [2.05, 4.69) is 47.0 Å². The van der Waals surface area contributed by atoms with Crippen molar-refractivity contribution in [1.29, 1.82) is 0 Å². The molecule has 7 heteroatoms. The Bertz CT molecular complexity index is 1450. The van der Waals surface area contributed by atoms with Crippen LogP contribution in [0.4, 0.5) is 0 Å². The van der Waals surface area contributed by atoms with Gasteiger partial charge in [0.15, 0.2) is 0 Å². The van der Waals surface area contributed by atoms with Crippen LogP contribution in [0.3, 0.4) is 0 Å². The summed E-state index contributed by atoms with van der Waals surface area (Å²) in [5, 5.41) is 16.7. The van der Waals surface area contributed by atoms with Crippen LogP contribution >= 0.6 is 11.8 Å². The zero-order chi connectivity index (χ0) is 28.6. The van der Waals surface area contributed by atoms with Gasteiger partial charge in [-0.05, 0) is 36.6 Å². The average molecular weight is 564 g/mol. The lowest BCUT2D eigenvalue weighted by Gasteiger charge is -2.49. The molecular formula is C34H33N3O3S. The van der Waals surface area contributed by atoms with E-state index in [0.29, 0.717) is 5.56 Å². The predicted octanol–water partition coefficient (Wildman–Crippen LogP) is 5.02. The molecule has 2 heterocycles. The molecule has 208 valence electrons. The number of phenols is 1. The highest BCUT2D eigenvalue weighted by Crippen LogP contribution is 2.52. The second-order valence-corrected chi connectivity index (χ2v) is 12.8. The molecule has 2 aliphatic heterocycles. The van der Waals surface area contributed by atoms with Crippen LogP contribution in [0.1, 0.15) is 36.1 Å². The number of β-lactam (4-membered cyclic amide) rings is 1. The third-order valence-electron chi connectivity index (χ3n) is 8.13. The number of rotatable bonds is 8. The van der Waals surface area contributed by atoms with E-state index in [-0.39, 0.29) is 29.5 Å². The van der Waals surface area contributed by atoms with Crippen molar-refractivity contribution < 1.29 is 14.7 Å². The van der Waals surface area contributed by atoms with Gasteiger partial charge in [0, 0.05) is 16.9 Å². The molecule has 0 radical (unpaired) electrons. The zero-order valence-electron chi connectivity index (χ0n) is 23.0. The maximum atomic E-state index is 14.0. The summed E-state index contributed by atoms with van der Waals surface area (Å²) < 4.78 is -0.505. The van der Waals surface area contributed by atoms with Crippen LogP contribution in [0, 0.1) is 0 Å². The van der Waals surface area contributed by atoms with Crippen molar-refractivity contribution in [2.24, 2.45) is 0 Å². The van der Waals surface area contributed by atoms with Gasteiger partial charge < -0.3 is 15.3 Å². The van der Waals surface area contributed by atoms with E-state index in [1.54, 1.807) is 34.9 Å². The molecule has 4 aromatic rings. The number of nitrogens with one attached hydrogen (secondary N) is 2. The van der Waals surface area contributed by atoms with E-state index in [1.165, 1.54) is 0 Å². The molecule has 2 saturated heterocycles. The first-order chi connectivity index (χ1) is 19.8. The van der Waals surface area contributed by atoms with Crippen molar-refractivity contribution in [2.75, 3.05) is 0 Å². The minimum absolute atomic E-state index is 0.0945. The monoisotopic (exact) mass is 563 g/mol. The molecule has 2 unspecified atom stereocenters. The van der Waals surface area contributed by atoms with Gasteiger partial charge >= 0.3 is 0 Å². The second kappa shape index (κ2) is 10.7. The minimum Gasteiger partial charge on any atom is -0.508 e. The van der Waals surface area contributed by atoms with Gasteiger partial charge in [-0.3, -0.25) is 14.9 Å². The number of nitrogens with zero attached hydrogens (tertiary/aromatic N) is 1. The molecule has 2 fully saturated rings. The van der Waals surface area contributed by atoms with Crippen LogP contribution in [0.5, 0.6) is 5.75 Å². The number of aromatic hydroxyl groups is 1. The van der Waals surface area contributed by atoms with Crippen LogP contribution in [-0.2, 0) is 21.7 Å². The number of hydrogen-bond donors (Lipinski definition) is 3. The number of fused-ring (bicyclic) bond motifs is 1. The summed E-state index contributed by atoms with van der Waals surface area (Å²) in [6, 6.07) is 36.5. The SMILES string of the molecule is CC1(C)S[C@@H]2C(NC(c3ccccc3)(c3ccccc3)c3ccccc3)C(=O)N2C1C(=O)NCc1ccccc1O. The molecule has 6 nitrogen and oxygen atoms in total. The third kappa shape index (κ3) is 4.69. The Kier molecular flexibility index (Phi) is 7.09. The number of para-hydroxylation sites is 1. The highest BCUT2D eigenvalue weighted by molar-refractivity contribution is 8.01. The third-order valence-corrected chi connectivity index (χ3v) is 9.70. The van der Waals surface area contributed by atoms with Crippen molar-refractivity contribution in [1.82, 2.24) is 15.5 Å². The summed E-state index contributed by atoms with van der Waals surface area (Å²) >= 11 is 1.65. The van der Waals surface area contributed by atoms with Crippen molar-refractivity contribution in [3.63, 3.8) is 0 Å². The number of benzene rings is 4. The topological polar surface area (TPSA) is 81.7 Å². The number of carbonyl (C=O) groups excluding carboxylic acids is 2. The Morgan fingerprint density at radius 1 is 0.829 bits per heavy atom. The van der Waals surface area contributed by atoms with Gasteiger partial charge in [-0.25, -0.2) is 0 Å². The van der Waals surface area contributed by atoms with Gasteiger partial charge in [0.25, 0.3) is 0 Å². The lowest BCUT2D eigenvalue weighted by molar-refractivity contribution is -0.154. The van der Waals surface area contributed by atoms with Gasteiger partial charge in [-0.2, -0.15) is 0 Å². The summed E-state index contributed by atoms with van der Waals surface area (Å²) in [5.74, 6) is -0.183. The van der Waals surface area contributed by atoms with Crippen molar-refractivity contribution in [3.05, 3.63) is 138 Å². The average Bonchev–Trinajstić information content (AvgIpc) is 3.26. The van der Waals surface area contributed by atoms with Crippen LogP contribution < -0.4 is 10.6 Å². The Morgan fingerprint density at radius 3 is 1.83 bits per heavy atom. The molecule has 41 heavy (non-hydrogen) atoms. The van der Waals surface area contributed by atoms with E-state index in [4.69, 9.17) is 0 Å². The van der Waals surface area contributed by atoms with Crippen LogP contribution in [0.2, 0.25) is 0 Å². The minimum atomic E-state index is -0.786. The molecule has 2 aliphatic rings. The number of hydrogen-bond acceptors (Lipinski definition) is 5. The fourth-order valence-corrected chi connectivity index (χ4v) is 7.79. The van der Waals surface area contributed by atoms with Crippen LogP contribution in [-0.4, -0.2) is 44.0 Å². The highest BCUT2D eigenvalue weighted by atomic mass is 32.2. The largest absolute Gasteiger partial charge is 0.508 e. The molecule has 3 atom stereocenters. The normalized spacial score (nSPS) is 21.2. The van der Waals surface area contributed by atoms with Gasteiger partial charge in [0.2, 0.25) is 11.8 Å². The standard InChI is InChI=1S/C34H33N3O3S/c1-33(2)29(30(39)35-22-23-14-12-13-21-27(23)38)37-31(40)28(32(37)41-33)36-34(24-15-6-3-7-16-24,25-17-8-4-9-18-25)26-19-10-5-11-20-26/h3-21,28-29,32,36,38H,22H2,1-2H3,(H,35,39)/t28?,29?,32-/m1/s1. The van der Waals surface area contributed by atoms with Crippen LogP contribution in [0.15, 0.2) is 115 Å². The van der Waals surface area contributed by atoms with Gasteiger partial charge in [0.05, 0.1) is 5.54 Å². The summed E-state index contributed by atoms with van der Waals surface area (Å²) in [4.78, 5) is 29.2. The molecule has 0 aromatic heterocycles. The van der Waals surface area contributed by atoms with Gasteiger partial charge in [0.1, 0.15) is 23.2 Å². The predicted molar refractivity (Wildman–Crippen MR) is 162 cm³/mol. The first-order valence-electron chi connectivity index (χ1n) is 13.8. The second-order valence-electron chi connectivity index (χ2n) is 11.1. The number of carbonyl (C=O) groups is 2. The highest BCUT2D eigenvalue weighted by Gasteiger charge is 2.64. The molecule has 0 spiro atoms. The molecule has 4 aromatic carbocycles. The summed E-state index contributed by atoms with van der Waals surface area (Å²) in [6.07, 6.45) is 0. The van der Waals surface area contributed by atoms with E-state index in [0.717, 1.165) is 16.7 Å². The molecule has 0 bridgehead atoms. The number of thioether (sulfide) groups is 1. The van der Waals surface area contributed by atoms with Crippen LogP contribution in [0.25, 0.3) is 0 Å². The summed E-state index contributed by atoms with van der Waals surface area (Å²) in [5.41, 5.74) is 2.94. The smallest absolute Gasteiger partial charge is 0.244 e. The fourth-order valence-electron chi connectivity index (χ4n) is 6.16. The Hall–Kier alpha value is -4.07. The molecule has 0 aliphatic carbocycles. The summed E-state index contributed by atoms with van der Waals surface area (Å²) in [6.45, 7) is 4.23. The van der Waals surface area contributed by atoms with Gasteiger partial charge in [-0.1, -0.05) is 109 Å². The maximum absolute atomic E-state index is 14.0. The first-order valence-corrected chi connectivity index (χ1v) is 14.7. The molecular weight excluding hydrogens is 530 g/mol. The van der Waals surface area contributed by atoms with Crippen molar-refractivity contribution >= 4 is 23.6 Å². The quantitative estimate of drug-likeness (QED) is 0.207.